The molecule has 0 radical (unpaired) electrons. The number of nitrogens with zero attached hydrogens (tertiary/aromatic N) is 2. The Morgan fingerprint density at radius 3 is 3.12 bits per heavy atom. The van der Waals surface area contributed by atoms with E-state index >= 15 is 0 Å². The number of ether oxygens (including phenoxy) is 1. The van der Waals surface area contributed by atoms with Crippen LogP contribution in [0, 0.1) is 0 Å². The van der Waals surface area contributed by atoms with Crippen molar-refractivity contribution in [1.82, 2.24) is 15.3 Å². The number of nitrogens with one attached hydrogen (secondary N) is 3. The predicted molar refractivity (Wildman–Crippen MR) is 63.2 cm³/mol. The zero-order valence-electron chi connectivity index (χ0n) is 9.56. The van der Waals surface area contributed by atoms with E-state index in [1.807, 2.05) is 0 Å². The van der Waals surface area contributed by atoms with Crippen molar-refractivity contribution in [2.45, 2.75) is 0 Å². The SMILES string of the molecule is COCCNC(=O)CNc1ccnc(NN)n1. The third kappa shape index (κ3) is 5.09. The van der Waals surface area contributed by atoms with Gasteiger partial charge in [0.1, 0.15) is 5.82 Å². The normalized spacial score (nSPS) is 9.76. The number of nitrogens with two attached hydrogens (primary N) is 1. The highest BCUT2D eigenvalue weighted by Gasteiger charge is 2.01. The summed E-state index contributed by atoms with van der Waals surface area (Å²) in [5.41, 5.74) is 2.32. The topological polar surface area (TPSA) is 114 Å². The molecule has 1 heterocycles. The molecule has 0 unspecified atom stereocenters. The fourth-order valence-electron chi connectivity index (χ4n) is 1.05. The molecular formula is C9H16N6O2. The number of methoxy groups -OCH3 is 1. The molecule has 1 amide bonds. The second kappa shape index (κ2) is 7.36. The van der Waals surface area contributed by atoms with Crippen molar-refractivity contribution >= 4 is 17.7 Å². The van der Waals surface area contributed by atoms with Gasteiger partial charge >= 0.3 is 0 Å². The molecule has 1 aromatic rings. The number of hydrogen-bond acceptors (Lipinski definition) is 7. The van der Waals surface area contributed by atoms with Crippen LogP contribution in [0.3, 0.4) is 0 Å². The van der Waals surface area contributed by atoms with Crippen molar-refractivity contribution in [2.75, 3.05) is 37.5 Å². The lowest BCUT2D eigenvalue weighted by Gasteiger charge is -2.07. The molecule has 0 saturated carbocycles. The van der Waals surface area contributed by atoms with Gasteiger partial charge in [0, 0.05) is 19.9 Å². The molecule has 0 saturated heterocycles. The average Bonchev–Trinajstić information content (AvgIpc) is 2.37. The van der Waals surface area contributed by atoms with Gasteiger partial charge < -0.3 is 15.4 Å². The summed E-state index contributed by atoms with van der Waals surface area (Å²) in [5, 5.41) is 5.52. The standard InChI is InChI=1S/C9H16N6O2/c1-17-5-4-11-8(16)6-13-7-2-3-12-9(14-7)15-10/h2-3H,4-6,10H2,1H3,(H,11,16)(H2,12,13,14,15). The first-order valence-electron chi connectivity index (χ1n) is 5.05. The Labute approximate surface area is 98.9 Å². The second-order valence-electron chi connectivity index (χ2n) is 3.11. The molecule has 0 fully saturated rings. The molecule has 1 aromatic heterocycles. The van der Waals surface area contributed by atoms with Crippen molar-refractivity contribution in [3.8, 4) is 0 Å². The number of anilines is 2. The highest BCUT2D eigenvalue weighted by atomic mass is 16.5. The van der Waals surface area contributed by atoms with E-state index in [9.17, 15) is 4.79 Å². The van der Waals surface area contributed by atoms with Crippen molar-refractivity contribution in [3.05, 3.63) is 12.3 Å². The van der Waals surface area contributed by atoms with Gasteiger partial charge in [-0.05, 0) is 6.07 Å². The number of carbonyl (C=O) groups excluding carboxylic acids is 1. The van der Waals surface area contributed by atoms with E-state index in [-0.39, 0.29) is 18.4 Å². The van der Waals surface area contributed by atoms with E-state index < -0.39 is 0 Å². The molecule has 0 bridgehead atoms. The van der Waals surface area contributed by atoms with Crippen molar-refractivity contribution in [3.63, 3.8) is 0 Å². The second-order valence-corrected chi connectivity index (χ2v) is 3.11. The van der Waals surface area contributed by atoms with Crippen LogP contribution in [0.5, 0.6) is 0 Å². The van der Waals surface area contributed by atoms with Crippen LogP contribution in [0.25, 0.3) is 0 Å². The quantitative estimate of drug-likeness (QED) is 0.273. The van der Waals surface area contributed by atoms with Gasteiger partial charge in [-0.25, -0.2) is 10.8 Å². The monoisotopic (exact) mass is 240 g/mol. The van der Waals surface area contributed by atoms with Crippen molar-refractivity contribution < 1.29 is 9.53 Å². The van der Waals surface area contributed by atoms with Crippen molar-refractivity contribution in [2.24, 2.45) is 5.84 Å². The summed E-state index contributed by atoms with van der Waals surface area (Å²) in [7, 11) is 1.58. The minimum atomic E-state index is -0.136. The molecule has 1 rings (SSSR count). The van der Waals surface area contributed by atoms with Crippen LogP contribution in [0.1, 0.15) is 0 Å². The van der Waals surface area contributed by atoms with Crippen LogP contribution >= 0.6 is 0 Å². The summed E-state index contributed by atoms with van der Waals surface area (Å²) in [4.78, 5) is 19.2. The van der Waals surface area contributed by atoms with Crippen LogP contribution < -0.4 is 21.9 Å². The van der Waals surface area contributed by atoms with Gasteiger partial charge in [-0.3, -0.25) is 10.2 Å². The van der Waals surface area contributed by atoms with E-state index in [0.29, 0.717) is 19.0 Å². The van der Waals surface area contributed by atoms with Gasteiger partial charge in [-0.15, -0.1) is 0 Å². The van der Waals surface area contributed by atoms with Crippen molar-refractivity contribution in [1.29, 1.82) is 0 Å². The Hall–Kier alpha value is -1.93. The molecule has 5 N–H and O–H groups in total. The molecule has 0 aliphatic carbocycles. The maximum Gasteiger partial charge on any atom is 0.239 e. The lowest BCUT2D eigenvalue weighted by atomic mass is 10.5. The first-order chi connectivity index (χ1) is 8.26. The average molecular weight is 240 g/mol. The summed E-state index contributed by atoms with van der Waals surface area (Å²) in [6.07, 6.45) is 1.54. The molecule has 0 atom stereocenters. The molecule has 0 spiro atoms. The largest absolute Gasteiger partial charge is 0.383 e. The Balaban J connectivity index is 2.31. The maximum absolute atomic E-state index is 11.3. The Kier molecular flexibility index (Phi) is 5.69. The number of hydrazine groups is 1. The summed E-state index contributed by atoms with van der Waals surface area (Å²) in [5.74, 6) is 5.83. The number of aromatic nitrogens is 2. The zero-order chi connectivity index (χ0) is 12.5. The lowest BCUT2D eigenvalue weighted by molar-refractivity contribution is -0.119. The van der Waals surface area contributed by atoms with Gasteiger partial charge in [0.15, 0.2) is 0 Å². The number of amides is 1. The fraction of sp³-hybridized carbons (Fsp3) is 0.444. The van der Waals surface area contributed by atoms with Gasteiger partial charge in [0.2, 0.25) is 11.9 Å². The molecule has 94 valence electrons. The van der Waals surface area contributed by atoms with Gasteiger partial charge in [0.05, 0.1) is 13.2 Å². The van der Waals surface area contributed by atoms with E-state index in [2.05, 4.69) is 26.0 Å². The van der Waals surface area contributed by atoms with E-state index in [0.717, 1.165) is 0 Å². The van der Waals surface area contributed by atoms with Crippen LogP contribution in [0.2, 0.25) is 0 Å². The fourth-order valence-corrected chi connectivity index (χ4v) is 1.05. The van der Waals surface area contributed by atoms with Crippen LogP contribution in [0.4, 0.5) is 11.8 Å². The Morgan fingerprint density at radius 2 is 2.41 bits per heavy atom. The van der Waals surface area contributed by atoms with Gasteiger partial charge in [-0.1, -0.05) is 0 Å². The molecule has 17 heavy (non-hydrogen) atoms. The summed E-state index contributed by atoms with van der Waals surface area (Å²) in [6.45, 7) is 1.10. The maximum atomic E-state index is 11.3. The van der Waals surface area contributed by atoms with E-state index in [1.54, 1.807) is 13.2 Å². The minimum Gasteiger partial charge on any atom is -0.383 e. The van der Waals surface area contributed by atoms with E-state index in [4.69, 9.17) is 10.6 Å². The molecule has 0 aromatic carbocycles. The summed E-state index contributed by atoms with van der Waals surface area (Å²) >= 11 is 0. The number of carbonyl (C=O) groups is 1. The van der Waals surface area contributed by atoms with Gasteiger partial charge in [-0.2, -0.15) is 4.98 Å². The Morgan fingerprint density at radius 1 is 1.59 bits per heavy atom. The molecule has 0 aliphatic heterocycles. The number of nitrogen functional groups attached to an aromatic ring is 1. The Bertz CT molecular complexity index is 359. The van der Waals surface area contributed by atoms with Gasteiger partial charge in [0.25, 0.3) is 0 Å². The van der Waals surface area contributed by atoms with Crippen LogP contribution in [-0.2, 0) is 9.53 Å². The number of hydrogen-bond donors (Lipinski definition) is 4. The predicted octanol–water partition coefficient (Wildman–Crippen LogP) is -1.06. The molecular weight excluding hydrogens is 224 g/mol. The lowest BCUT2D eigenvalue weighted by Crippen LogP contribution is -2.32. The molecule has 0 aliphatic rings. The third-order valence-electron chi connectivity index (χ3n) is 1.84. The van der Waals surface area contributed by atoms with E-state index in [1.165, 1.54) is 6.20 Å². The summed E-state index contributed by atoms with van der Waals surface area (Å²) < 4.78 is 4.81. The first-order valence-corrected chi connectivity index (χ1v) is 5.05. The zero-order valence-corrected chi connectivity index (χ0v) is 9.56. The molecule has 8 nitrogen and oxygen atoms in total. The molecule has 8 heteroatoms. The number of rotatable bonds is 7. The highest BCUT2D eigenvalue weighted by molar-refractivity contribution is 5.80. The van der Waals surface area contributed by atoms with Crippen LogP contribution in [-0.4, -0.2) is 42.7 Å². The minimum absolute atomic E-state index is 0.130. The third-order valence-corrected chi connectivity index (χ3v) is 1.84. The first kappa shape index (κ1) is 13.1. The van der Waals surface area contributed by atoms with Crippen LogP contribution in [0.15, 0.2) is 12.3 Å². The smallest absolute Gasteiger partial charge is 0.239 e. The summed E-state index contributed by atoms with van der Waals surface area (Å²) in [6, 6.07) is 1.64. The highest BCUT2D eigenvalue weighted by Crippen LogP contribution is 2.03.